The number of nitrogens with zero attached hydrogens (tertiary/aromatic N) is 1. The molecule has 1 N–H and O–H groups in total. The van der Waals surface area contributed by atoms with Crippen molar-refractivity contribution in [2.75, 3.05) is 0 Å². The fraction of sp³-hybridized carbons (Fsp3) is 0.158. The van der Waals surface area contributed by atoms with E-state index < -0.39 is 5.97 Å². The van der Waals surface area contributed by atoms with Gasteiger partial charge in [0.05, 0.1) is 5.69 Å². The topological polar surface area (TPSA) is 50.2 Å². The van der Waals surface area contributed by atoms with Crippen molar-refractivity contribution in [2.24, 2.45) is 0 Å². The lowest BCUT2D eigenvalue weighted by Crippen LogP contribution is -1.96. The summed E-state index contributed by atoms with van der Waals surface area (Å²) in [6, 6.07) is 13.9. The summed E-state index contributed by atoms with van der Waals surface area (Å²) in [6.45, 7) is 6.08. The number of carbonyl (C=O) groups is 1. The Kier molecular flexibility index (Phi) is 4.01. The highest BCUT2D eigenvalue weighted by Crippen LogP contribution is 2.34. The molecule has 0 aliphatic heterocycles. The van der Waals surface area contributed by atoms with E-state index in [2.05, 4.69) is 4.98 Å². The van der Waals surface area contributed by atoms with E-state index in [1.165, 1.54) is 16.9 Å². The first-order valence-corrected chi connectivity index (χ1v) is 8.16. The van der Waals surface area contributed by atoms with E-state index in [-0.39, 0.29) is 4.88 Å². The van der Waals surface area contributed by atoms with E-state index in [9.17, 15) is 9.90 Å². The largest absolute Gasteiger partial charge is 0.477 e. The van der Waals surface area contributed by atoms with Crippen molar-refractivity contribution in [1.29, 1.82) is 0 Å². The highest BCUT2D eigenvalue weighted by molar-refractivity contribution is 7.17. The van der Waals surface area contributed by atoms with Crippen LogP contribution in [0, 0.1) is 20.8 Å². The van der Waals surface area contributed by atoms with Gasteiger partial charge in [0.15, 0.2) is 0 Å². The van der Waals surface area contributed by atoms with Crippen LogP contribution >= 0.6 is 11.3 Å². The molecule has 0 saturated carbocycles. The average molecular weight is 323 g/mol. The number of carboxylic acids is 1. The molecule has 0 amide bonds. The van der Waals surface area contributed by atoms with Gasteiger partial charge in [0.25, 0.3) is 0 Å². The Morgan fingerprint density at radius 2 is 1.61 bits per heavy atom. The van der Waals surface area contributed by atoms with Crippen LogP contribution in [-0.2, 0) is 0 Å². The summed E-state index contributed by atoms with van der Waals surface area (Å²) in [4.78, 5) is 16.5. The van der Waals surface area contributed by atoms with E-state index in [4.69, 9.17) is 0 Å². The second kappa shape index (κ2) is 5.97. The lowest BCUT2D eigenvalue weighted by Gasteiger charge is -2.03. The van der Waals surface area contributed by atoms with Crippen LogP contribution in [0.5, 0.6) is 0 Å². The minimum atomic E-state index is -0.936. The van der Waals surface area contributed by atoms with Crippen molar-refractivity contribution in [3.05, 3.63) is 64.0 Å². The van der Waals surface area contributed by atoms with Gasteiger partial charge in [-0.25, -0.2) is 9.78 Å². The second-order valence-corrected chi connectivity index (χ2v) is 6.67. The third-order valence-electron chi connectivity index (χ3n) is 3.90. The van der Waals surface area contributed by atoms with E-state index in [1.54, 1.807) is 0 Å². The van der Waals surface area contributed by atoms with Gasteiger partial charge in [-0.1, -0.05) is 42.0 Å². The molecule has 0 saturated heterocycles. The number of rotatable bonds is 3. The molecule has 3 nitrogen and oxygen atoms in total. The number of hydrogen-bond acceptors (Lipinski definition) is 3. The van der Waals surface area contributed by atoms with Crippen LogP contribution in [-0.4, -0.2) is 16.1 Å². The quantitative estimate of drug-likeness (QED) is 0.729. The minimum Gasteiger partial charge on any atom is -0.477 e. The van der Waals surface area contributed by atoms with Crippen molar-refractivity contribution >= 4 is 17.3 Å². The minimum absolute atomic E-state index is 0.281. The Hall–Kier alpha value is -2.46. The summed E-state index contributed by atoms with van der Waals surface area (Å²) in [5, 5.41) is 10.3. The summed E-state index contributed by atoms with van der Waals surface area (Å²) in [7, 11) is 0. The van der Waals surface area contributed by atoms with E-state index in [1.807, 2.05) is 63.2 Å². The first kappa shape index (κ1) is 15.4. The number of aryl methyl sites for hydroxylation is 3. The van der Waals surface area contributed by atoms with Gasteiger partial charge in [-0.2, -0.15) is 0 Å². The molecule has 1 aromatic heterocycles. The van der Waals surface area contributed by atoms with Crippen LogP contribution in [0.15, 0.2) is 42.5 Å². The first-order chi connectivity index (χ1) is 11.0. The van der Waals surface area contributed by atoms with Gasteiger partial charge in [0.1, 0.15) is 9.88 Å². The van der Waals surface area contributed by atoms with Crippen LogP contribution in [0.1, 0.15) is 26.4 Å². The maximum Gasteiger partial charge on any atom is 0.348 e. The Bertz CT molecular complexity index is 879. The van der Waals surface area contributed by atoms with E-state index >= 15 is 0 Å². The lowest BCUT2D eigenvalue weighted by molar-refractivity contribution is 0.0702. The Labute approximate surface area is 139 Å². The maximum absolute atomic E-state index is 11.6. The smallest absolute Gasteiger partial charge is 0.348 e. The van der Waals surface area contributed by atoms with Gasteiger partial charge in [0.2, 0.25) is 0 Å². The molecule has 116 valence electrons. The summed E-state index contributed by atoms with van der Waals surface area (Å²) < 4.78 is 0. The molecule has 23 heavy (non-hydrogen) atoms. The Morgan fingerprint density at radius 1 is 0.957 bits per heavy atom. The third-order valence-corrected chi connectivity index (χ3v) is 4.99. The number of carboxylic acid groups (broad SMARTS) is 1. The van der Waals surface area contributed by atoms with Gasteiger partial charge in [-0.05, 0) is 38.0 Å². The highest BCUT2D eigenvalue weighted by Gasteiger charge is 2.19. The van der Waals surface area contributed by atoms with Crippen molar-refractivity contribution in [2.45, 2.75) is 20.8 Å². The van der Waals surface area contributed by atoms with Crippen molar-refractivity contribution in [1.82, 2.24) is 4.98 Å². The monoisotopic (exact) mass is 323 g/mol. The Morgan fingerprint density at radius 3 is 2.22 bits per heavy atom. The summed E-state index contributed by atoms with van der Waals surface area (Å²) >= 11 is 1.22. The summed E-state index contributed by atoms with van der Waals surface area (Å²) in [6.07, 6.45) is 0. The molecule has 0 radical (unpaired) electrons. The molecular formula is C19H17NO2S. The average Bonchev–Trinajstić information content (AvgIpc) is 2.96. The van der Waals surface area contributed by atoms with E-state index in [0.717, 1.165) is 27.3 Å². The van der Waals surface area contributed by atoms with Gasteiger partial charge in [0, 0.05) is 11.1 Å². The molecule has 1 heterocycles. The SMILES string of the molecule is Cc1ccc(-c2nc(-c3ccc(C)c(C)c3)c(C(=O)O)s2)cc1. The number of thiazole rings is 1. The normalized spacial score (nSPS) is 10.7. The van der Waals surface area contributed by atoms with Crippen LogP contribution in [0.3, 0.4) is 0 Å². The van der Waals surface area contributed by atoms with Gasteiger partial charge < -0.3 is 5.11 Å². The Balaban J connectivity index is 2.14. The second-order valence-electron chi connectivity index (χ2n) is 5.67. The number of benzene rings is 2. The molecule has 3 rings (SSSR count). The summed E-state index contributed by atoms with van der Waals surface area (Å²) in [5.41, 5.74) is 5.81. The number of aromatic carboxylic acids is 1. The first-order valence-electron chi connectivity index (χ1n) is 7.34. The lowest BCUT2D eigenvalue weighted by atomic mass is 10.0. The van der Waals surface area contributed by atoms with Gasteiger partial charge >= 0.3 is 5.97 Å². The molecule has 0 bridgehead atoms. The van der Waals surface area contributed by atoms with Crippen LogP contribution in [0.25, 0.3) is 21.8 Å². The fourth-order valence-electron chi connectivity index (χ4n) is 2.37. The standard InChI is InChI=1S/C19H17NO2S/c1-11-4-7-14(8-5-11)18-20-16(17(23-18)19(21)22)15-9-6-12(2)13(3)10-15/h4-10H,1-3H3,(H,21,22). The van der Waals surface area contributed by atoms with Gasteiger partial charge in [-0.15, -0.1) is 11.3 Å². The van der Waals surface area contributed by atoms with Gasteiger partial charge in [-0.3, -0.25) is 0 Å². The molecule has 0 unspecified atom stereocenters. The van der Waals surface area contributed by atoms with E-state index in [0.29, 0.717) is 5.69 Å². The molecule has 0 spiro atoms. The number of aromatic nitrogens is 1. The molecule has 0 fully saturated rings. The maximum atomic E-state index is 11.6. The number of hydrogen-bond donors (Lipinski definition) is 1. The van der Waals surface area contributed by atoms with Crippen LogP contribution in [0.2, 0.25) is 0 Å². The molecule has 0 aliphatic carbocycles. The zero-order valence-corrected chi connectivity index (χ0v) is 14.1. The molecule has 0 atom stereocenters. The van der Waals surface area contributed by atoms with Crippen LogP contribution < -0.4 is 0 Å². The highest BCUT2D eigenvalue weighted by atomic mass is 32.1. The van der Waals surface area contributed by atoms with Crippen LogP contribution in [0.4, 0.5) is 0 Å². The molecule has 2 aromatic carbocycles. The van der Waals surface area contributed by atoms with Crippen molar-refractivity contribution in [3.8, 4) is 21.8 Å². The van der Waals surface area contributed by atoms with Crippen molar-refractivity contribution in [3.63, 3.8) is 0 Å². The zero-order chi connectivity index (χ0) is 16.6. The fourth-order valence-corrected chi connectivity index (χ4v) is 3.30. The molecule has 4 heteroatoms. The third kappa shape index (κ3) is 3.03. The summed E-state index contributed by atoms with van der Waals surface area (Å²) in [5.74, 6) is -0.936. The zero-order valence-electron chi connectivity index (χ0n) is 13.3. The predicted octanol–water partition coefficient (Wildman–Crippen LogP) is 5.10. The van der Waals surface area contributed by atoms with Crippen molar-refractivity contribution < 1.29 is 9.90 Å². The molecule has 0 aliphatic rings. The predicted molar refractivity (Wildman–Crippen MR) is 94.2 cm³/mol. The molecule has 3 aromatic rings. The molecular weight excluding hydrogens is 306 g/mol.